The molecule has 0 saturated carbocycles. The smallest absolute Gasteiger partial charge is 0.256 e. The molecule has 0 fully saturated rings. The summed E-state index contributed by atoms with van der Waals surface area (Å²) in [5.41, 5.74) is 1.81. The van der Waals surface area contributed by atoms with Crippen molar-refractivity contribution in [3.63, 3.8) is 0 Å². The van der Waals surface area contributed by atoms with Gasteiger partial charge in [0.2, 0.25) is 0 Å². The van der Waals surface area contributed by atoms with Crippen molar-refractivity contribution < 1.29 is 17.6 Å². The molecule has 1 amide bonds. The summed E-state index contributed by atoms with van der Waals surface area (Å²) >= 11 is 6.87. The molecule has 0 aromatic heterocycles. The molecular weight excluding hydrogens is 585 g/mol. The van der Waals surface area contributed by atoms with E-state index in [0.717, 1.165) is 32.2 Å². The first-order chi connectivity index (χ1) is 16.0. The van der Waals surface area contributed by atoms with Crippen LogP contribution in [0.1, 0.15) is 35.3 Å². The summed E-state index contributed by atoms with van der Waals surface area (Å²) in [4.78, 5) is 14.9. The van der Waals surface area contributed by atoms with E-state index in [2.05, 4.69) is 31.9 Å². The summed E-state index contributed by atoms with van der Waals surface area (Å²) in [6.07, 6.45) is 1.11. The van der Waals surface area contributed by atoms with Gasteiger partial charge in [0.25, 0.3) is 5.91 Å². The fourth-order valence-corrected chi connectivity index (χ4v) is 5.22. The second-order valence-electron chi connectivity index (χ2n) is 8.47. The summed E-state index contributed by atoms with van der Waals surface area (Å²) in [6.45, 7) is 3.11. The van der Waals surface area contributed by atoms with Crippen molar-refractivity contribution in [3.05, 3.63) is 98.2 Å². The number of carbonyl (C=O) groups excluding carboxylic acids is 1. The highest BCUT2D eigenvalue weighted by Gasteiger charge is 2.27. The molecule has 0 unspecified atom stereocenters. The number of amides is 1. The third kappa shape index (κ3) is 6.34. The summed E-state index contributed by atoms with van der Waals surface area (Å²) in [6, 6.07) is 18.8. The van der Waals surface area contributed by atoms with Crippen LogP contribution in [0.15, 0.2) is 80.6 Å². The molecule has 0 saturated heterocycles. The van der Waals surface area contributed by atoms with Crippen molar-refractivity contribution in [2.24, 2.45) is 0 Å². The van der Waals surface area contributed by atoms with Crippen molar-refractivity contribution in [2.45, 2.75) is 42.9 Å². The zero-order chi connectivity index (χ0) is 25.0. The molecule has 0 aliphatic heterocycles. The van der Waals surface area contributed by atoms with Crippen LogP contribution < -0.4 is 0 Å². The third-order valence-corrected chi connectivity index (χ3v) is 8.96. The molecule has 8 heteroatoms. The first-order valence-electron chi connectivity index (χ1n) is 10.8. The van der Waals surface area contributed by atoms with Crippen LogP contribution in [0.25, 0.3) is 0 Å². The molecule has 3 aromatic carbocycles. The van der Waals surface area contributed by atoms with Crippen LogP contribution >= 0.6 is 31.9 Å². The fourth-order valence-electron chi connectivity index (χ4n) is 3.60. The lowest BCUT2D eigenvalue weighted by Crippen LogP contribution is -2.40. The molecule has 180 valence electrons. The molecule has 34 heavy (non-hydrogen) atoms. The van der Waals surface area contributed by atoms with Crippen LogP contribution in [0.5, 0.6) is 0 Å². The Bertz CT molecular complexity index is 1210. The molecule has 0 atom stereocenters. The first-order valence-corrected chi connectivity index (χ1v) is 13.9. The molecule has 0 aliphatic rings. The quantitative estimate of drug-likeness (QED) is 0.275. The highest BCUT2D eigenvalue weighted by Crippen LogP contribution is 2.23. The normalized spacial score (nSPS) is 11.8. The largest absolute Gasteiger partial charge is 0.338 e. The van der Waals surface area contributed by atoms with E-state index in [9.17, 15) is 17.6 Å². The number of carbonyl (C=O) groups is 1. The van der Waals surface area contributed by atoms with E-state index in [-0.39, 0.29) is 16.5 Å². The Morgan fingerprint density at radius 2 is 1.35 bits per heavy atom. The van der Waals surface area contributed by atoms with E-state index in [1.54, 1.807) is 20.9 Å². The van der Waals surface area contributed by atoms with Gasteiger partial charge in [-0.2, -0.15) is 0 Å². The van der Waals surface area contributed by atoms with E-state index in [0.29, 0.717) is 12.8 Å². The minimum atomic E-state index is -3.65. The Hall–Kier alpha value is -2.03. The Balaban J connectivity index is 1.96. The number of hydrogen-bond acceptors (Lipinski definition) is 3. The predicted octanol–water partition coefficient (Wildman–Crippen LogP) is 6.46. The van der Waals surface area contributed by atoms with Gasteiger partial charge in [0.1, 0.15) is 5.82 Å². The Labute approximate surface area is 217 Å². The highest BCUT2D eigenvalue weighted by atomic mass is 79.9. The minimum absolute atomic E-state index is 0.0574. The van der Waals surface area contributed by atoms with Gasteiger partial charge in [-0.25, -0.2) is 12.8 Å². The van der Waals surface area contributed by atoms with E-state index in [4.69, 9.17) is 0 Å². The zero-order valence-corrected chi connectivity index (χ0v) is 23.1. The summed E-state index contributed by atoms with van der Waals surface area (Å²) in [5.74, 6) is -1.30. The molecule has 0 aliphatic carbocycles. The van der Waals surface area contributed by atoms with Gasteiger partial charge in [-0.05, 0) is 80.3 Å². The van der Waals surface area contributed by atoms with Crippen LogP contribution in [0.4, 0.5) is 4.39 Å². The van der Waals surface area contributed by atoms with Gasteiger partial charge in [0, 0.05) is 22.0 Å². The number of rotatable bonds is 8. The second-order valence-corrected chi connectivity index (χ2v) is 12.8. The molecule has 3 aromatic rings. The Morgan fingerprint density at radius 3 is 1.79 bits per heavy atom. The number of nitrogens with zero attached hydrogens (tertiary/aromatic N) is 1. The van der Waals surface area contributed by atoms with E-state index in [1.807, 2.05) is 48.5 Å². The second kappa shape index (κ2) is 11.1. The van der Waals surface area contributed by atoms with Crippen molar-refractivity contribution in [3.8, 4) is 0 Å². The van der Waals surface area contributed by atoms with Crippen LogP contribution in [0.3, 0.4) is 0 Å². The van der Waals surface area contributed by atoms with Gasteiger partial charge in [-0.3, -0.25) is 4.79 Å². The van der Waals surface area contributed by atoms with E-state index >= 15 is 0 Å². The minimum Gasteiger partial charge on any atom is -0.338 e. The first kappa shape index (κ1) is 26.6. The number of likely N-dealkylation sites (N-methyl/N-ethyl adjacent to an activating group) is 1. The van der Waals surface area contributed by atoms with Crippen molar-refractivity contribution in [2.75, 3.05) is 7.05 Å². The monoisotopic (exact) mass is 609 g/mol. The number of sulfone groups is 1. The Kier molecular flexibility index (Phi) is 8.71. The van der Waals surface area contributed by atoms with Crippen molar-refractivity contribution in [1.29, 1.82) is 0 Å². The molecule has 0 bridgehead atoms. The molecule has 3 rings (SSSR count). The van der Waals surface area contributed by atoms with Gasteiger partial charge in [0.15, 0.2) is 9.84 Å². The highest BCUT2D eigenvalue weighted by molar-refractivity contribution is 9.10. The average molecular weight is 611 g/mol. The van der Waals surface area contributed by atoms with Crippen molar-refractivity contribution >= 4 is 47.6 Å². The standard InChI is InChI=1S/C26H26Br2FNO3S/c1-17(2)34(32,33)23-12-13-25(29)24(16-23)26(31)30(3)22(14-18-4-8-20(27)9-5-18)15-19-6-10-21(28)11-7-19/h4-13,16-17,22H,14-15H2,1-3H3. The van der Waals surface area contributed by atoms with Crippen LogP contribution in [0.2, 0.25) is 0 Å². The van der Waals surface area contributed by atoms with E-state index < -0.39 is 26.8 Å². The zero-order valence-electron chi connectivity index (χ0n) is 19.1. The maximum Gasteiger partial charge on any atom is 0.256 e. The summed E-state index contributed by atoms with van der Waals surface area (Å²) < 4.78 is 41.8. The number of hydrogen-bond donors (Lipinski definition) is 0. The Morgan fingerprint density at radius 1 is 0.882 bits per heavy atom. The van der Waals surface area contributed by atoms with Gasteiger partial charge >= 0.3 is 0 Å². The molecule has 0 heterocycles. The molecular formula is C26H26Br2FNO3S. The third-order valence-electron chi connectivity index (χ3n) is 5.75. The fraction of sp³-hybridized carbons (Fsp3) is 0.269. The van der Waals surface area contributed by atoms with Gasteiger partial charge < -0.3 is 4.90 Å². The molecule has 4 nitrogen and oxygen atoms in total. The van der Waals surface area contributed by atoms with Gasteiger partial charge in [-0.15, -0.1) is 0 Å². The maximum absolute atomic E-state index is 14.7. The van der Waals surface area contributed by atoms with Crippen LogP contribution in [-0.4, -0.2) is 37.6 Å². The predicted molar refractivity (Wildman–Crippen MR) is 140 cm³/mol. The van der Waals surface area contributed by atoms with Crippen molar-refractivity contribution in [1.82, 2.24) is 4.90 Å². The number of benzene rings is 3. The van der Waals surface area contributed by atoms with Crippen LogP contribution in [-0.2, 0) is 22.7 Å². The molecule has 0 radical (unpaired) electrons. The lowest BCUT2D eigenvalue weighted by atomic mass is 9.97. The lowest BCUT2D eigenvalue weighted by Gasteiger charge is -2.29. The topological polar surface area (TPSA) is 54.5 Å². The maximum atomic E-state index is 14.7. The summed E-state index contributed by atoms with van der Waals surface area (Å²) in [7, 11) is -2.01. The SMILES string of the molecule is CC(C)S(=O)(=O)c1ccc(F)c(C(=O)N(C)C(Cc2ccc(Br)cc2)Cc2ccc(Br)cc2)c1. The molecule has 0 N–H and O–H groups in total. The summed E-state index contributed by atoms with van der Waals surface area (Å²) in [5, 5.41) is -0.679. The average Bonchev–Trinajstić information content (AvgIpc) is 2.80. The van der Waals surface area contributed by atoms with Crippen LogP contribution in [0, 0.1) is 5.82 Å². The van der Waals surface area contributed by atoms with E-state index in [1.165, 1.54) is 11.0 Å². The van der Waals surface area contributed by atoms with Gasteiger partial charge in [0.05, 0.1) is 15.7 Å². The van der Waals surface area contributed by atoms with Gasteiger partial charge in [-0.1, -0.05) is 56.1 Å². The lowest BCUT2D eigenvalue weighted by molar-refractivity contribution is 0.0725. The molecule has 0 spiro atoms. The number of halogens is 3.